The van der Waals surface area contributed by atoms with Crippen molar-refractivity contribution in [3.63, 3.8) is 0 Å². The van der Waals surface area contributed by atoms with Gasteiger partial charge in [-0.15, -0.1) is 11.8 Å². The molecule has 0 saturated carbocycles. The van der Waals surface area contributed by atoms with Gasteiger partial charge in [-0.1, -0.05) is 12.2 Å². The summed E-state index contributed by atoms with van der Waals surface area (Å²) in [6.45, 7) is 7.71. The third-order valence-electron chi connectivity index (χ3n) is 12.8. The van der Waals surface area contributed by atoms with Gasteiger partial charge in [-0.25, -0.2) is 9.97 Å². The number of primary amides is 2. The molecule has 2 atom stereocenters. The van der Waals surface area contributed by atoms with Crippen molar-refractivity contribution >= 4 is 99.0 Å². The molecular formula is C51H62N16O12S. The molecule has 0 aliphatic carbocycles. The Morgan fingerprint density at radius 2 is 1.35 bits per heavy atom. The van der Waals surface area contributed by atoms with Crippen molar-refractivity contribution in [2.45, 2.75) is 84.4 Å². The second-order valence-electron chi connectivity index (χ2n) is 18.5. The number of methoxy groups -OCH3 is 1. The van der Waals surface area contributed by atoms with Crippen LogP contribution in [0.3, 0.4) is 0 Å². The number of nitrogens with two attached hydrogens (primary N) is 3. The molecule has 28 nitrogen and oxygen atoms in total. The molecule has 5 heterocycles. The average molecular weight is 1120 g/mol. The first-order valence-electron chi connectivity index (χ1n) is 25.3. The van der Waals surface area contributed by atoms with Crippen LogP contribution in [0.1, 0.15) is 86.2 Å². The van der Waals surface area contributed by atoms with Crippen molar-refractivity contribution in [3.05, 3.63) is 82.5 Å². The summed E-state index contributed by atoms with van der Waals surface area (Å²) in [6, 6.07) is 7.95. The maximum atomic E-state index is 14.0. The number of thioether (sulfide) groups is 1. The lowest BCUT2D eigenvalue weighted by atomic mass is 10.1. The molecule has 1 fully saturated rings. The number of carboxylic acids is 1. The van der Waals surface area contributed by atoms with Crippen LogP contribution in [-0.2, 0) is 50.2 Å². The molecule has 4 aromatic heterocycles. The zero-order valence-electron chi connectivity index (χ0n) is 44.8. The van der Waals surface area contributed by atoms with Crippen LogP contribution >= 0.6 is 11.8 Å². The summed E-state index contributed by atoms with van der Waals surface area (Å²) >= 11 is 0.964. The SMILES string of the molecule is CCn1nc(C)cc1C(=O)Nc1nc2cc(C(N)=O)cc(OC)c2n1C/C=C/Cn1c(NC(=O)c2cc(C)nn2CC)nc2cc(C(N)=O)cc(OCCCN(C)C(=O)CNC(=O)CCN3C(=O)CC(SCC(N)C(=O)O)C3=O)c21. The van der Waals surface area contributed by atoms with Crippen LogP contribution in [0.25, 0.3) is 22.1 Å². The Kier molecular flexibility index (Phi) is 18.7. The molecule has 2 unspecified atom stereocenters. The Bertz CT molecular complexity index is 3450. The van der Waals surface area contributed by atoms with E-state index >= 15 is 0 Å². The van der Waals surface area contributed by atoms with Crippen LogP contribution in [0.15, 0.2) is 48.6 Å². The number of aromatic nitrogens is 8. The lowest BCUT2D eigenvalue weighted by Gasteiger charge is -2.18. The van der Waals surface area contributed by atoms with Gasteiger partial charge in [0, 0.05) is 76.0 Å². The van der Waals surface area contributed by atoms with Gasteiger partial charge in [0.05, 0.1) is 47.9 Å². The number of ether oxygens (including phenoxy) is 2. The molecule has 8 amide bonds. The van der Waals surface area contributed by atoms with E-state index in [0.717, 1.165) is 16.7 Å². The number of rotatable bonds is 27. The van der Waals surface area contributed by atoms with Gasteiger partial charge in [0.2, 0.25) is 47.3 Å². The summed E-state index contributed by atoms with van der Waals surface area (Å²) in [5.41, 5.74) is 20.3. The van der Waals surface area contributed by atoms with Crippen molar-refractivity contribution < 1.29 is 57.7 Å². The number of amides is 8. The van der Waals surface area contributed by atoms with Crippen molar-refractivity contribution in [1.82, 2.24) is 53.8 Å². The molecule has 80 heavy (non-hydrogen) atoms. The number of carbonyl (C=O) groups excluding carboxylic acids is 8. The molecular weight excluding hydrogens is 1060 g/mol. The van der Waals surface area contributed by atoms with E-state index in [9.17, 15) is 43.2 Å². The summed E-state index contributed by atoms with van der Waals surface area (Å²) < 4.78 is 18.5. The third-order valence-corrected chi connectivity index (χ3v) is 14.1. The largest absolute Gasteiger partial charge is 0.494 e. The first-order chi connectivity index (χ1) is 38.1. The average Bonchev–Trinajstić information content (AvgIpc) is 4.24. The maximum Gasteiger partial charge on any atom is 0.321 e. The third kappa shape index (κ3) is 13.4. The minimum atomic E-state index is -1.23. The van der Waals surface area contributed by atoms with Gasteiger partial charge in [0.1, 0.15) is 40.0 Å². The molecule has 7 rings (SSSR count). The number of likely N-dealkylation sites (tertiary alicyclic amines) is 1. The highest BCUT2D eigenvalue weighted by Gasteiger charge is 2.39. The van der Waals surface area contributed by atoms with Crippen LogP contribution in [0.5, 0.6) is 11.5 Å². The highest BCUT2D eigenvalue weighted by molar-refractivity contribution is 8.00. The molecule has 424 valence electrons. The van der Waals surface area contributed by atoms with Crippen LogP contribution in [0, 0.1) is 13.8 Å². The Morgan fingerprint density at radius 1 is 0.825 bits per heavy atom. The van der Waals surface area contributed by atoms with E-state index in [1.54, 1.807) is 56.6 Å². The van der Waals surface area contributed by atoms with E-state index in [1.165, 1.54) is 43.3 Å². The van der Waals surface area contributed by atoms with E-state index in [4.69, 9.17) is 36.8 Å². The van der Waals surface area contributed by atoms with Gasteiger partial charge >= 0.3 is 5.97 Å². The Morgan fingerprint density at radius 3 is 1.85 bits per heavy atom. The monoisotopic (exact) mass is 1120 g/mol. The van der Waals surface area contributed by atoms with Crippen molar-refractivity contribution in [1.29, 1.82) is 0 Å². The van der Waals surface area contributed by atoms with Gasteiger partial charge in [0.15, 0.2) is 0 Å². The number of imide groups is 1. The smallest absolute Gasteiger partial charge is 0.321 e. The molecule has 10 N–H and O–H groups in total. The zero-order chi connectivity index (χ0) is 58.1. The number of hydrogen-bond acceptors (Lipinski definition) is 17. The van der Waals surface area contributed by atoms with Crippen LogP contribution in [0.2, 0.25) is 0 Å². The van der Waals surface area contributed by atoms with E-state index in [-0.39, 0.29) is 110 Å². The summed E-state index contributed by atoms with van der Waals surface area (Å²) in [7, 11) is 2.95. The van der Waals surface area contributed by atoms with Gasteiger partial charge in [-0.05, 0) is 70.5 Å². The summed E-state index contributed by atoms with van der Waals surface area (Å²) in [5, 5.41) is 25.3. The number of imidazole rings is 2. The van der Waals surface area contributed by atoms with Crippen LogP contribution in [-0.4, -0.2) is 164 Å². The van der Waals surface area contributed by atoms with Gasteiger partial charge in [-0.2, -0.15) is 10.2 Å². The number of benzene rings is 2. The molecule has 0 bridgehead atoms. The number of fused-ring (bicyclic) bond motifs is 2. The predicted octanol–water partition coefficient (Wildman–Crippen LogP) is 1.41. The molecule has 1 aliphatic heterocycles. The predicted molar refractivity (Wildman–Crippen MR) is 292 cm³/mol. The fourth-order valence-electron chi connectivity index (χ4n) is 8.71. The number of likely N-dealkylation sites (N-methyl/N-ethyl adjacent to an activating group) is 1. The Balaban J connectivity index is 1.09. The van der Waals surface area contributed by atoms with Gasteiger partial charge < -0.3 is 51.1 Å². The van der Waals surface area contributed by atoms with Gasteiger partial charge in [-0.3, -0.25) is 68.0 Å². The normalized spacial score (nSPS) is 13.8. The van der Waals surface area contributed by atoms with Crippen LogP contribution in [0.4, 0.5) is 11.9 Å². The number of carbonyl (C=O) groups is 9. The Labute approximate surface area is 461 Å². The highest BCUT2D eigenvalue weighted by atomic mass is 32.2. The summed E-state index contributed by atoms with van der Waals surface area (Å²) in [5.74, 6) is -5.29. The standard InChI is InChI=1S/C51H62N16O12S/c1-7-66-34(18-27(3)60-66)46(73)58-50-56-32-20-29(44(53)71)22-36(78-6)42(32)64(50)14-9-10-15-65-43-33(57-51(65)59-47(74)35-19-28(4)61-67(35)8-2)21-30(45(54)72)23-37(43)79-17-11-13-62(5)41(70)25-55-39(68)12-16-63-40(69)24-38(48(63)75)80-26-31(52)49(76)77/h9-10,18-23,31,38H,7-8,11-17,24-26,52H2,1-6H3,(H2,53,71)(H2,54,72)(H,55,68)(H,76,77)(H,56,58,73)(H,57,59,74)/b10-9+. The Hall–Kier alpha value is -9.12. The topological polar surface area (TPSA) is 384 Å². The molecule has 2 aromatic carbocycles. The van der Waals surface area contributed by atoms with E-state index < -0.39 is 64.5 Å². The number of aryl methyl sites for hydroxylation is 4. The van der Waals surface area contributed by atoms with E-state index in [0.29, 0.717) is 46.7 Å². The minimum Gasteiger partial charge on any atom is -0.494 e. The lowest BCUT2D eigenvalue weighted by molar-refractivity contribution is -0.140. The van der Waals surface area contributed by atoms with Crippen LogP contribution < -0.4 is 42.6 Å². The van der Waals surface area contributed by atoms with Gasteiger partial charge in [0.25, 0.3) is 11.8 Å². The number of nitrogens with one attached hydrogen (secondary N) is 3. The second kappa shape index (κ2) is 25.6. The second-order valence-corrected chi connectivity index (χ2v) is 19.7. The van der Waals surface area contributed by atoms with Crippen molar-refractivity contribution in [3.8, 4) is 11.5 Å². The molecule has 29 heteroatoms. The quantitative estimate of drug-likeness (QED) is 0.0218. The summed E-state index contributed by atoms with van der Waals surface area (Å²) in [4.78, 5) is 127. The molecule has 1 aliphatic rings. The first kappa shape index (κ1) is 58.6. The molecule has 0 radical (unpaired) electrons. The molecule has 1 saturated heterocycles. The number of allylic oxidation sites excluding steroid dienone is 2. The zero-order valence-corrected chi connectivity index (χ0v) is 45.6. The number of aliphatic carboxylic acids is 1. The van der Waals surface area contributed by atoms with E-state index in [2.05, 4.69) is 31.1 Å². The maximum absolute atomic E-state index is 14.0. The first-order valence-corrected chi connectivity index (χ1v) is 26.3. The number of nitrogens with zero attached hydrogens (tertiary/aromatic N) is 10. The lowest BCUT2D eigenvalue weighted by Crippen LogP contribution is -2.40. The molecule has 6 aromatic rings. The van der Waals surface area contributed by atoms with Crippen molar-refractivity contribution in [2.24, 2.45) is 17.2 Å². The number of anilines is 2. The number of carboxylic acid groups (broad SMARTS) is 1. The minimum absolute atomic E-state index is 0.00149. The number of hydrogen-bond donors (Lipinski definition) is 7. The molecule has 0 spiro atoms. The summed E-state index contributed by atoms with van der Waals surface area (Å²) in [6.07, 6.45) is 3.39. The van der Waals surface area contributed by atoms with E-state index in [1.807, 2.05) is 13.8 Å². The highest BCUT2D eigenvalue weighted by Crippen LogP contribution is 2.33. The fraction of sp³-hybridized carbons (Fsp3) is 0.392. The fourth-order valence-corrected chi connectivity index (χ4v) is 9.83. The van der Waals surface area contributed by atoms with Crippen molar-refractivity contribution in [2.75, 3.05) is 56.8 Å².